The van der Waals surface area contributed by atoms with Crippen LogP contribution in [0.2, 0.25) is 0 Å². The minimum Gasteiger partial charge on any atom is -0.303 e. The predicted octanol–water partition coefficient (Wildman–Crippen LogP) is 8.18. The summed E-state index contributed by atoms with van der Waals surface area (Å²) in [5.74, 6) is 0. The molecule has 1 atom stereocenters. The van der Waals surface area contributed by atoms with Gasteiger partial charge in [0.15, 0.2) is 0 Å². The Balaban J connectivity index is -0.000000171. The first-order chi connectivity index (χ1) is 11.0. The Bertz CT molecular complexity index is 171. The van der Waals surface area contributed by atoms with Gasteiger partial charge in [-0.05, 0) is 45.1 Å². The van der Waals surface area contributed by atoms with Gasteiger partial charge in [-0.1, -0.05) is 88.5 Å². The van der Waals surface area contributed by atoms with Crippen LogP contribution in [-0.4, -0.2) is 24.5 Å². The van der Waals surface area contributed by atoms with Gasteiger partial charge in [0.1, 0.15) is 0 Å². The van der Waals surface area contributed by atoms with Crippen LogP contribution in [0.1, 0.15) is 121 Å². The Labute approximate surface area is 151 Å². The van der Waals surface area contributed by atoms with Gasteiger partial charge in [0, 0.05) is 12.6 Å². The molecule has 0 aromatic carbocycles. The summed E-state index contributed by atoms with van der Waals surface area (Å²) in [7, 11) is 2.30. The third-order valence-electron chi connectivity index (χ3n) is 3.99. The number of likely N-dealkylation sites (tertiary alicyclic amines) is 1. The minimum absolute atomic E-state index is 0.658. The van der Waals surface area contributed by atoms with Gasteiger partial charge >= 0.3 is 0 Å². The summed E-state index contributed by atoms with van der Waals surface area (Å²) in [4.78, 5) is 2.56. The Morgan fingerprint density at radius 1 is 0.826 bits per heavy atom. The molecule has 146 valence electrons. The van der Waals surface area contributed by atoms with E-state index >= 15 is 0 Å². The molecule has 1 rings (SSSR count). The van der Waals surface area contributed by atoms with E-state index < -0.39 is 0 Å². The Morgan fingerprint density at radius 2 is 1.17 bits per heavy atom. The SMILES string of the molecule is CC.CC.CC.CCC.CCCC1(CCC)CCC(C)N(C)C1. The molecule has 0 saturated carbocycles. The minimum atomic E-state index is 0.658. The molecule has 0 aromatic heterocycles. The first kappa shape index (κ1) is 30.8. The van der Waals surface area contributed by atoms with Gasteiger partial charge < -0.3 is 4.90 Å². The molecule has 0 amide bonds. The molecule has 0 aliphatic carbocycles. The molecule has 0 bridgehead atoms. The highest BCUT2D eigenvalue weighted by atomic mass is 15.1. The van der Waals surface area contributed by atoms with Crippen molar-refractivity contribution >= 4 is 0 Å². The van der Waals surface area contributed by atoms with Crippen molar-refractivity contribution in [1.29, 1.82) is 0 Å². The lowest BCUT2D eigenvalue weighted by Gasteiger charge is -2.45. The van der Waals surface area contributed by atoms with Gasteiger partial charge in [0.25, 0.3) is 0 Å². The summed E-state index contributed by atoms with van der Waals surface area (Å²) in [6.07, 6.45) is 9.66. The highest BCUT2D eigenvalue weighted by Crippen LogP contribution is 2.40. The number of hydrogen-bond acceptors (Lipinski definition) is 1. The van der Waals surface area contributed by atoms with Crippen molar-refractivity contribution in [3.05, 3.63) is 0 Å². The summed E-state index contributed by atoms with van der Waals surface area (Å²) in [5, 5.41) is 0. The van der Waals surface area contributed by atoms with Crippen LogP contribution in [0.15, 0.2) is 0 Å². The topological polar surface area (TPSA) is 3.24 Å². The van der Waals surface area contributed by atoms with Crippen molar-refractivity contribution in [3.8, 4) is 0 Å². The van der Waals surface area contributed by atoms with E-state index in [0.29, 0.717) is 5.41 Å². The monoisotopic (exact) mass is 331 g/mol. The zero-order chi connectivity index (χ0) is 19.3. The highest BCUT2D eigenvalue weighted by Gasteiger charge is 2.34. The second-order valence-electron chi connectivity index (χ2n) is 6.01. The Hall–Kier alpha value is -0.0400. The number of nitrogens with zero attached hydrogens (tertiary/aromatic N) is 1. The van der Waals surface area contributed by atoms with Gasteiger partial charge in [0.05, 0.1) is 0 Å². The van der Waals surface area contributed by atoms with Crippen LogP contribution in [0.3, 0.4) is 0 Å². The molecule has 0 N–H and O–H groups in total. The Morgan fingerprint density at radius 3 is 1.43 bits per heavy atom. The number of hydrogen-bond donors (Lipinski definition) is 0. The first-order valence-electron chi connectivity index (χ1n) is 10.7. The van der Waals surface area contributed by atoms with Crippen molar-refractivity contribution in [3.63, 3.8) is 0 Å². The largest absolute Gasteiger partial charge is 0.303 e. The van der Waals surface area contributed by atoms with E-state index in [1.807, 2.05) is 41.5 Å². The van der Waals surface area contributed by atoms with E-state index in [9.17, 15) is 0 Å². The van der Waals surface area contributed by atoms with E-state index in [1.54, 1.807) is 0 Å². The lowest BCUT2D eigenvalue weighted by Crippen LogP contribution is -2.45. The standard InChI is InChI=1S/C13H27N.C3H8.3C2H6/c1-5-8-13(9-6-2)10-7-12(3)14(4)11-13;1-3-2;3*1-2/h12H,5-11H2,1-4H3;3H2,1-2H3;3*1-2H3. The smallest absolute Gasteiger partial charge is 0.00643 e. The number of rotatable bonds is 4. The molecule has 0 aromatic rings. The molecule has 1 aliphatic rings. The maximum atomic E-state index is 2.56. The second kappa shape index (κ2) is 24.2. The lowest BCUT2D eigenvalue weighted by atomic mass is 9.72. The van der Waals surface area contributed by atoms with Crippen LogP contribution in [-0.2, 0) is 0 Å². The molecule has 1 heteroatoms. The van der Waals surface area contributed by atoms with Gasteiger partial charge in [-0.2, -0.15) is 0 Å². The molecule has 1 heterocycles. The third kappa shape index (κ3) is 16.6. The van der Waals surface area contributed by atoms with Gasteiger partial charge in [-0.15, -0.1) is 0 Å². The van der Waals surface area contributed by atoms with Crippen LogP contribution in [0.25, 0.3) is 0 Å². The fourth-order valence-corrected chi connectivity index (χ4v) is 3.09. The van der Waals surface area contributed by atoms with Crippen LogP contribution in [0, 0.1) is 5.41 Å². The van der Waals surface area contributed by atoms with Gasteiger partial charge in [-0.25, -0.2) is 0 Å². The summed E-state index contributed by atoms with van der Waals surface area (Å²) >= 11 is 0. The van der Waals surface area contributed by atoms with Crippen LogP contribution in [0.5, 0.6) is 0 Å². The van der Waals surface area contributed by atoms with Crippen molar-refractivity contribution in [1.82, 2.24) is 4.90 Å². The maximum absolute atomic E-state index is 2.56. The van der Waals surface area contributed by atoms with E-state index in [4.69, 9.17) is 0 Å². The molecular formula is C22H53N. The van der Waals surface area contributed by atoms with Crippen LogP contribution >= 0.6 is 0 Å². The van der Waals surface area contributed by atoms with Gasteiger partial charge in [0.2, 0.25) is 0 Å². The zero-order valence-corrected chi connectivity index (χ0v) is 19.2. The molecule has 0 spiro atoms. The summed E-state index contributed by atoms with van der Waals surface area (Å²) in [6, 6.07) is 0.803. The molecule has 1 unspecified atom stereocenters. The first-order valence-corrected chi connectivity index (χ1v) is 10.7. The highest BCUT2D eigenvalue weighted by molar-refractivity contribution is 4.88. The van der Waals surface area contributed by atoms with E-state index in [-0.39, 0.29) is 0 Å². The average molecular weight is 332 g/mol. The maximum Gasteiger partial charge on any atom is 0.00643 e. The molecule has 1 fully saturated rings. The van der Waals surface area contributed by atoms with E-state index in [2.05, 4.69) is 46.6 Å². The van der Waals surface area contributed by atoms with Crippen molar-refractivity contribution in [2.75, 3.05) is 13.6 Å². The average Bonchev–Trinajstić information content (AvgIpc) is 2.58. The van der Waals surface area contributed by atoms with E-state index in [0.717, 1.165) is 6.04 Å². The lowest BCUT2D eigenvalue weighted by molar-refractivity contribution is 0.0533. The fourth-order valence-electron chi connectivity index (χ4n) is 3.09. The van der Waals surface area contributed by atoms with Gasteiger partial charge in [-0.3, -0.25) is 0 Å². The number of piperidine rings is 1. The molecule has 1 nitrogen and oxygen atoms in total. The predicted molar refractivity (Wildman–Crippen MR) is 114 cm³/mol. The van der Waals surface area contributed by atoms with Crippen LogP contribution in [0.4, 0.5) is 0 Å². The quantitative estimate of drug-likeness (QED) is 0.502. The summed E-state index contributed by atoms with van der Waals surface area (Å²) in [5.41, 5.74) is 0.658. The zero-order valence-electron chi connectivity index (χ0n) is 19.2. The van der Waals surface area contributed by atoms with Crippen molar-refractivity contribution < 1.29 is 0 Å². The Kier molecular flexibility index (Phi) is 32.4. The van der Waals surface area contributed by atoms with E-state index in [1.165, 1.54) is 51.5 Å². The summed E-state index contributed by atoms with van der Waals surface area (Å²) < 4.78 is 0. The van der Waals surface area contributed by atoms with Crippen molar-refractivity contribution in [2.24, 2.45) is 5.41 Å². The fraction of sp³-hybridized carbons (Fsp3) is 1.00. The van der Waals surface area contributed by atoms with Crippen molar-refractivity contribution in [2.45, 2.75) is 127 Å². The second-order valence-corrected chi connectivity index (χ2v) is 6.01. The van der Waals surface area contributed by atoms with Crippen LogP contribution < -0.4 is 0 Å². The molecule has 1 aliphatic heterocycles. The molecule has 23 heavy (non-hydrogen) atoms. The molecular weight excluding hydrogens is 278 g/mol. The molecule has 1 saturated heterocycles. The third-order valence-corrected chi connectivity index (χ3v) is 3.99. The molecule has 0 radical (unpaired) electrons. The summed E-state index contributed by atoms with van der Waals surface area (Å²) in [6.45, 7) is 24.6. The normalized spacial score (nSPS) is 18.5.